The van der Waals surface area contributed by atoms with Crippen LogP contribution in [0.25, 0.3) is 0 Å². The topological polar surface area (TPSA) is 81.7 Å². The van der Waals surface area contributed by atoms with Crippen molar-refractivity contribution in [3.8, 4) is 0 Å². The molecule has 0 aliphatic rings. The molecule has 0 bridgehead atoms. The van der Waals surface area contributed by atoms with Gasteiger partial charge in [-0.1, -0.05) is 0 Å². The summed E-state index contributed by atoms with van der Waals surface area (Å²) in [5.41, 5.74) is 0.495. The van der Waals surface area contributed by atoms with E-state index < -0.39 is 11.9 Å². The van der Waals surface area contributed by atoms with Crippen LogP contribution in [-0.4, -0.2) is 32.6 Å². The van der Waals surface area contributed by atoms with Gasteiger partial charge in [0, 0.05) is 5.69 Å². The van der Waals surface area contributed by atoms with E-state index in [4.69, 9.17) is 0 Å². The normalized spacial score (nSPS) is 9.29. The molecule has 1 N–H and O–H groups in total. The number of ether oxygens (including phenoxy) is 2. The quantitative estimate of drug-likeness (QED) is 0.619. The van der Waals surface area contributed by atoms with Gasteiger partial charge in [-0.2, -0.15) is 0 Å². The Morgan fingerprint density at radius 1 is 1.12 bits per heavy atom. The van der Waals surface area contributed by atoms with Crippen molar-refractivity contribution in [2.24, 2.45) is 0 Å². The first-order chi connectivity index (χ1) is 8.13. The Morgan fingerprint density at radius 2 is 1.71 bits per heavy atom. The highest BCUT2D eigenvalue weighted by molar-refractivity contribution is 6.04. The molecular weight excluding hydrogens is 226 g/mol. The Kier molecular flexibility index (Phi) is 4.21. The number of methoxy groups -OCH3 is 2. The average molecular weight is 237 g/mol. The minimum Gasteiger partial charge on any atom is -0.465 e. The second kappa shape index (κ2) is 5.64. The van der Waals surface area contributed by atoms with Gasteiger partial charge in [0.2, 0.25) is 6.41 Å². The number of benzene rings is 1. The lowest BCUT2D eigenvalue weighted by molar-refractivity contribution is -0.105. The van der Waals surface area contributed by atoms with Crippen LogP contribution in [-0.2, 0) is 14.3 Å². The fourth-order valence-corrected chi connectivity index (χ4v) is 1.27. The molecule has 0 spiro atoms. The third-order valence-electron chi connectivity index (χ3n) is 2.06. The molecule has 0 aliphatic heterocycles. The van der Waals surface area contributed by atoms with Crippen LogP contribution in [0.3, 0.4) is 0 Å². The molecule has 17 heavy (non-hydrogen) atoms. The second-order valence-electron chi connectivity index (χ2n) is 3.01. The van der Waals surface area contributed by atoms with Gasteiger partial charge in [-0.05, 0) is 18.2 Å². The van der Waals surface area contributed by atoms with Crippen molar-refractivity contribution in [1.29, 1.82) is 0 Å². The van der Waals surface area contributed by atoms with Crippen LogP contribution >= 0.6 is 0 Å². The van der Waals surface area contributed by atoms with Crippen LogP contribution in [0.4, 0.5) is 5.69 Å². The van der Waals surface area contributed by atoms with E-state index in [1.807, 2.05) is 0 Å². The summed E-state index contributed by atoms with van der Waals surface area (Å²) in [5, 5.41) is 2.37. The van der Waals surface area contributed by atoms with Crippen LogP contribution in [0, 0.1) is 0 Å². The Hall–Kier alpha value is -2.37. The zero-order valence-corrected chi connectivity index (χ0v) is 9.35. The number of hydrogen-bond donors (Lipinski definition) is 1. The summed E-state index contributed by atoms with van der Waals surface area (Å²) < 4.78 is 9.08. The molecule has 0 atom stereocenters. The molecule has 0 unspecified atom stereocenters. The first kappa shape index (κ1) is 12.7. The van der Waals surface area contributed by atoms with Crippen LogP contribution < -0.4 is 5.32 Å². The van der Waals surface area contributed by atoms with Crippen molar-refractivity contribution in [3.63, 3.8) is 0 Å². The molecule has 0 aromatic heterocycles. The number of nitrogens with one attached hydrogen (secondary N) is 1. The molecule has 1 amide bonds. The van der Waals surface area contributed by atoms with Gasteiger partial charge in [-0.3, -0.25) is 4.79 Å². The van der Waals surface area contributed by atoms with Crippen LogP contribution in [0.15, 0.2) is 18.2 Å². The number of amides is 1. The monoisotopic (exact) mass is 237 g/mol. The number of carbonyl (C=O) groups is 3. The van der Waals surface area contributed by atoms with E-state index in [0.29, 0.717) is 12.1 Å². The van der Waals surface area contributed by atoms with Crippen LogP contribution in [0.5, 0.6) is 0 Å². The molecule has 0 saturated carbocycles. The number of rotatable bonds is 4. The van der Waals surface area contributed by atoms with Crippen molar-refractivity contribution in [1.82, 2.24) is 0 Å². The van der Waals surface area contributed by atoms with Crippen LogP contribution in [0.2, 0.25) is 0 Å². The van der Waals surface area contributed by atoms with Crippen molar-refractivity contribution in [2.45, 2.75) is 0 Å². The molecule has 0 aliphatic carbocycles. The van der Waals surface area contributed by atoms with Crippen molar-refractivity contribution in [2.75, 3.05) is 19.5 Å². The summed E-state index contributed by atoms with van der Waals surface area (Å²) in [5.74, 6) is -1.33. The third-order valence-corrected chi connectivity index (χ3v) is 2.06. The van der Waals surface area contributed by atoms with E-state index in [9.17, 15) is 14.4 Å². The predicted molar refractivity (Wildman–Crippen MR) is 58.8 cm³/mol. The average Bonchev–Trinajstić information content (AvgIpc) is 2.37. The Labute approximate surface area is 97.5 Å². The van der Waals surface area contributed by atoms with Gasteiger partial charge in [0.25, 0.3) is 0 Å². The molecule has 1 aromatic rings. The fraction of sp³-hybridized carbons (Fsp3) is 0.182. The molecule has 0 radical (unpaired) electrons. The Morgan fingerprint density at radius 3 is 2.24 bits per heavy atom. The van der Waals surface area contributed by atoms with Gasteiger partial charge >= 0.3 is 11.9 Å². The van der Waals surface area contributed by atoms with Gasteiger partial charge in [0.05, 0.1) is 25.3 Å². The molecule has 6 nitrogen and oxygen atoms in total. The summed E-state index contributed by atoms with van der Waals surface area (Å²) in [4.78, 5) is 33.1. The SMILES string of the molecule is COC(=O)c1ccc(NC=O)cc1C(=O)OC. The van der Waals surface area contributed by atoms with Gasteiger partial charge in [-0.15, -0.1) is 0 Å². The fourth-order valence-electron chi connectivity index (χ4n) is 1.27. The molecule has 6 heteroatoms. The van der Waals surface area contributed by atoms with Gasteiger partial charge < -0.3 is 14.8 Å². The first-order valence-corrected chi connectivity index (χ1v) is 4.65. The molecule has 1 aromatic carbocycles. The highest BCUT2D eigenvalue weighted by Gasteiger charge is 2.18. The number of anilines is 1. The molecular formula is C11H11NO5. The number of esters is 2. The summed E-state index contributed by atoms with van der Waals surface area (Å²) in [7, 11) is 2.41. The van der Waals surface area contributed by atoms with Crippen molar-refractivity contribution >= 4 is 24.0 Å². The van der Waals surface area contributed by atoms with E-state index >= 15 is 0 Å². The lowest BCUT2D eigenvalue weighted by atomic mass is 10.1. The van der Waals surface area contributed by atoms with E-state index in [1.165, 1.54) is 32.4 Å². The minimum atomic E-state index is -0.681. The van der Waals surface area contributed by atoms with Gasteiger partial charge in [-0.25, -0.2) is 9.59 Å². The van der Waals surface area contributed by atoms with E-state index in [0.717, 1.165) is 0 Å². The largest absolute Gasteiger partial charge is 0.465 e. The standard InChI is InChI=1S/C11H11NO5/c1-16-10(14)8-4-3-7(12-6-13)5-9(8)11(15)17-2/h3-6H,1-2H3,(H,12,13). The minimum absolute atomic E-state index is 0.0335. The Bertz CT molecular complexity index is 455. The highest BCUT2D eigenvalue weighted by Crippen LogP contribution is 2.17. The van der Waals surface area contributed by atoms with E-state index in [2.05, 4.69) is 14.8 Å². The maximum Gasteiger partial charge on any atom is 0.338 e. The molecule has 1 rings (SSSR count). The summed E-state index contributed by atoms with van der Waals surface area (Å²) in [6.45, 7) is 0. The maximum absolute atomic E-state index is 11.5. The third kappa shape index (κ3) is 2.81. The van der Waals surface area contributed by atoms with E-state index in [1.54, 1.807) is 0 Å². The van der Waals surface area contributed by atoms with E-state index in [-0.39, 0.29) is 11.1 Å². The number of carbonyl (C=O) groups excluding carboxylic acids is 3. The second-order valence-corrected chi connectivity index (χ2v) is 3.01. The maximum atomic E-state index is 11.5. The lowest BCUT2D eigenvalue weighted by Gasteiger charge is -2.08. The lowest BCUT2D eigenvalue weighted by Crippen LogP contribution is -2.12. The zero-order valence-electron chi connectivity index (χ0n) is 9.35. The van der Waals surface area contributed by atoms with Crippen LogP contribution in [0.1, 0.15) is 20.7 Å². The van der Waals surface area contributed by atoms with Gasteiger partial charge in [0.15, 0.2) is 0 Å². The molecule has 0 fully saturated rings. The van der Waals surface area contributed by atoms with Crippen molar-refractivity contribution in [3.05, 3.63) is 29.3 Å². The smallest absolute Gasteiger partial charge is 0.338 e. The molecule has 0 heterocycles. The molecule has 0 saturated heterocycles. The predicted octanol–water partition coefficient (Wildman–Crippen LogP) is 0.828. The van der Waals surface area contributed by atoms with Crippen molar-refractivity contribution < 1.29 is 23.9 Å². The highest BCUT2D eigenvalue weighted by atomic mass is 16.5. The Balaban J connectivity index is 3.25. The first-order valence-electron chi connectivity index (χ1n) is 4.65. The summed E-state index contributed by atoms with van der Waals surface area (Å²) in [6.07, 6.45) is 0.466. The summed E-state index contributed by atoms with van der Waals surface area (Å²) in [6, 6.07) is 4.20. The zero-order chi connectivity index (χ0) is 12.8. The molecule has 90 valence electrons. The summed E-state index contributed by atoms with van der Waals surface area (Å²) >= 11 is 0. The number of hydrogen-bond acceptors (Lipinski definition) is 5. The van der Waals surface area contributed by atoms with Gasteiger partial charge in [0.1, 0.15) is 0 Å².